The van der Waals surface area contributed by atoms with Crippen LogP contribution in [0.4, 0.5) is 0 Å². The van der Waals surface area contributed by atoms with E-state index in [1.807, 2.05) is 13.8 Å². The summed E-state index contributed by atoms with van der Waals surface area (Å²) in [5.41, 5.74) is 0.123. The van der Waals surface area contributed by atoms with Crippen molar-refractivity contribution < 1.29 is 14.3 Å². The SMILES string of the molecule is COc1ccc(C(=O)C(C)(C)N2CCNCC2)cc1OC. The van der Waals surface area contributed by atoms with Crippen molar-refractivity contribution in [2.75, 3.05) is 40.4 Å². The van der Waals surface area contributed by atoms with Gasteiger partial charge in [0.1, 0.15) is 0 Å². The zero-order chi connectivity index (χ0) is 15.5. The van der Waals surface area contributed by atoms with E-state index in [1.54, 1.807) is 32.4 Å². The fraction of sp³-hybridized carbons (Fsp3) is 0.562. The van der Waals surface area contributed by atoms with E-state index in [9.17, 15) is 4.79 Å². The number of ketones is 1. The quantitative estimate of drug-likeness (QED) is 0.835. The summed E-state index contributed by atoms with van der Waals surface area (Å²) in [6.45, 7) is 7.57. The molecule has 0 aliphatic carbocycles. The van der Waals surface area contributed by atoms with Crippen molar-refractivity contribution in [2.45, 2.75) is 19.4 Å². The predicted octanol–water partition coefficient (Wildman–Crippen LogP) is 1.57. The van der Waals surface area contributed by atoms with Crippen LogP contribution in [0.3, 0.4) is 0 Å². The Morgan fingerprint density at radius 2 is 1.76 bits per heavy atom. The summed E-state index contributed by atoms with van der Waals surface area (Å²) >= 11 is 0. The van der Waals surface area contributed by atoms with Crippen LogP contribution in [0.1, 0.15) is 24.2 Å². The highest BCUT2D eigenvalue weighted by molar-refractivity contribution is 6.03. The van der Waals surface area contributed by atoms with Crippen molar-refractivity contribution in [1.82, 2.24) is 10.2 Å². The third-order valence-corrected chi connectivity index (χ3v) is 4.11. The van der Waals surface area contributed by atoms with Crippen molar-refractivity contribution in [2.24, 2.45) is 0 Å². The Kier molecular flexibility index (Phi) is 4.85. The predicted molar refractivity (Wildman–Crippen MR) is 82.4 cm³/mol. The van der Waals surface area contributed by atoms with Gasteiger partial charge in [-0.15, -0.1) is 0 Å². The molecule has 1 aliphatic rings. The van der Waals surface area contributed by atoms with Gasteiger partial charge < -0.3 is 14.8 Å². The van der Waals surface area contributed by atoms with Gasteiger partial charge in [0.25, 0.3) is 0 Å². The van der Waals surface area contributed by atoms with E-state index in [-0.39, 0.29) is 5.78 Å². The molecule has 0 radical (unpaired) electrons. The van der Waals surface area contributed by atoms with E-state index in [4.69, 9.17) is 9.47 Å². The van der Waals surface area contributed by atoms with Gasteiger partial charge >= 0.3 is 0 Å². The molecule has 0 spiro atoms. The minimum absolute atomic E-state index is 0.102. The van der Waals surface area contributed by atoms with Crippen molar-refractivity contribution in [3.05, 3.63) is 23.8 Å². The number of nitrogens with zero attached hydrogens (tertiary/aromatic N) is 1. The Morgan fingerprint density at radius 1 is 1.14 bits per heavy atom. The molecule has 0 aromatic heterocycles. The van der Waals surface area contributed by atoms with Crippen LogP contribution in [0, 0.1) is 0 Å². The molecule has 1 aromatic rings. The lowest BCUT2D eigenvalue weighted by Crippen LogP contribution is -2.57. The molecule has 1 aromatic carbocycles. The second-order valence-corrected chi connectivity index (χ2v) is 5.69. The summed E-state index contributed by atoms with van der Waals surface area (Å²) in [7, 11) is 3.16. The number of piperazine rings is 1. The van der Waals surface area contributed by atoms with E-state index < -0.39 is 5.54 Å². The Balaban J connectivity index is 2.25. The van der Waals surface area contributed by atoms with Gasteiger partial charge in [0.2, 0.25) is 0 Å². The molecule has 1 saturated heterocycles. The van der Waals surface area contributed by atoms with Crippen LogP contribution in [0.5, 0.6) is 11.5 Å². The summed E-state index contributed by atoms with van der Waals surface area (Å²) in [4.78, 5) is 15.1. The molecule has 0 unspecified atom stereocenters. The van der Waals surface area contributed by atoms with E-state index in [0.717, 1.165) is 26.2 Å². The number of Topliss-reactive ketones (excluding diaryl/α,β-unsaturated/α-hetero) is 1. The molecule has 21 heavy (non-hydrogen) atoms. The highest BCUT2D eigenvalue weighted by Crippen LogP contribution is 2.30. The number of methoxy groups -OCH3 is 2. The number of nitrogens with one attached hydrogen (secondary N) is 1. The number of hydrogen-bond donors (Lipinski definition) is 1. The average Bonchev–Trinajstić information content (AvgIpc) is 2.54. The first-order valence-corrected chi connectivity index (χ1v) is 7.23. The minimum Gasteiger partial charge on any atom is -0.493 e. The molecule has 2 rings (SSSR count). The Bertz CT molecular complexity index is 508. The Labute approximate surface area is 126 Å². The van der Waals surface area contributed by atoms with E-state index in [1.165, 1.54) is 0 Å². The standard InChI is InChI=1S/C16H24N2O3/c1-16(2,18-9-7-17-8-10-18)15(19)12-5-6-13(20-3)14(11-12)21-4/h5-6,11,17H,7-10H2,1-4H3. The lowest BCUT2D eigenvalue weighted by atomic mass is 9.90. The van der Waals surface area contributed by atoms with Gasteiger partial charge in [-0.05, 0) is 32.0 Å². The smallest absolute Gasteiger partial charge is 0.182 e. The van der Waals surface area contributed by atoms with Crippen LogP contribution in [-0.4, -0.2) is 56.6 Å². The first-order valence-electron chi connectivity index (χ1n) is 7.23. The normalized spacial score (nSPS) is 16.6. The molecule has 0 amide bonds. The number of carbonyl (C=O) groups excluding carboxylic acids is 1. The molecule has 1 fully saturated rings. The largest absolute Gasteiger partial charge is 0.493 e. The summed E-state index contributed by atoms with van der Waals surface area (Å²) in [5, 5.41) is 3.31. The summed E-state index contributed by atoms with van der Waals surface area (Å²) in [6.07, 6.45) is 0. The molecule has 5 nitrogen and oxygen atoms in total. The fourth-order valence-corrected chi connectivity index (χ4v) is 2.70. The molecule has 0 atom stereocenters. The number of benzene rings is 1. The lowest BCUT2D eigenvalue weighted by Gasteiger charge is -2.40. The molecule has 1 N–H and O–H groups in total. The van der Waals surface area contributed by atoms with Crippen LogP contribution in [-0.2, 0) is 0 Å². The van der Waals surface area contributed by atoms with Gasteiger partial charge in [-0.3, -0.25) is 9.69 Å². The maximum atomic E-state index is 12.9. The summed E-state index contributed by atoms with van der Waals surface area (Å²) < 4.78 is 10.5. The first-order chi connectivity index (χ1) is 10.0. The number of carbonyl (C=O) groups is 1. The second kappa shape index (κ2) is 6.45. The van der Waals surface area contributed by atoms with E-state index in [0.29, 0.717) is 17.1 Å². The number of rotatable bonds is 5. The maximum Gasteiger partial charge on any atom is 0.182 e. The molecular weight excluding hydrogens is 268 g/mol. The third-order valence-electron chi connectivity index (χ3n) is 4.11. The molecule has 0 saturated carbocycles. The molecule has 1 heterocycles. The van der Waals surface area contributed by atoms with Crippen LogP contribution >= 0.6 is 0 Å². The number of ether oxygens (including phenoxy) is 2. The first kappa shape index (κ1) is 15.8. The Hall–Kier alpha value is -1.59. The topological polar surface area (TPSA) is 50.8 Å². The Morgan fingerprint density at radius 3 is 2.33 bits per heavy atom. The molecule has 116 valence electrons. The third kappa shape index (κ3) is 3.19. The number of hydrogen-bond acceptors (Lipinski definition) is 5. The molecule has 0 bridgehead atoms. The van der Waals surface area contributed by atoms with Gasteiger partial charge in [0.15, 0.2) is 17.3 Å². The highest BCUT2D eigenvalue weighted by Gasteiger charge is 2.35. The van der Waals surface area contributed by atoms with Gasteiger partial charge in [0.05, 0.1) is 19.8 Å². The summed E-state index contributed by atoms with van der Waals surface area (Å²) in [6, 6.07) is 5.33. The summed E-state index contributed by atoms with van der Waals surface area (Å²) in [5.74, 6) is 1.32. The van der Waals surface area contributed by atoms with Crippen LogP contribution in [0.2, 0.25) is 0 Å². The lowest BCUT2D eigenvalue weighted by molar-refractivity contribution is 0.0602. The van der Waals surface area contributed by atoms with E-state index >= 15 is 0 Å². The molecule has 1 aliphatic heterocycles. The average molecular weight is 292 g/mol. The van der Waals surface area contributed by atoms with Crippen molar-refractivity contribution in [1.29, 1.82) is 0 Å². The van der Waals surface area contributed by atoms with Gasteiger partial charge in [0, 0.05) is 31.7 Å². The zero-order valence-electron chi connectivity index (χ0n) is 13.2. The van der Waals surface area contributed by atoms with Crippen molar-refractivity contribution >= 4 is 5.78 Å². The van der Waals surface area contributed by atoms with Crippen LogP contribution < -0.4 is 14.8 Å². The van der Waals surface area contributed by atoms with Crippen LogP contribution in [0.15, 0.2) is 18.2 Å². The molecule has 5 heteroatoms. The van der Waals surface area contributed by atoms with Crippen molar-refractivity contribution in [3.8, 4) is 11.5 Å². The van der Waals surface area contributed by atoms with Crippen molar-refractivity contribution in [3.63, 3.8) is 0 Å². The fourth-order valence-electron chi connectivity index (χ4n) is 2.70. The van der Waals surface area contributed by atoms with Crippen LogP contribution in [0.25, 0.3) is 0 Å². The second-order valence-electron chi connectivity index (χ2n) is 5.69. The maximum absolute atomic E-state index is 12.9. The highest BCUT2D eigenvalue weighted by atomic mass is 16.5. The van der Waals surface area contributed by atoms with Gasteiger partial charge in [-0.2, -0.15) is 0 Å². The molecular formula is C16H24N2O3. The zero-order valence-corrected chi connectivity index (χ0v) is 13.2. The van der Waals surface area contributed by atoms with Gasteiger partial charge in [-0.25, -0.2) is 0 Å². The monoisotopic (exact) mass is 292 g/mol. The van der Waals surface area contributed by atoms with Gasteiger partial charge in [-0.1, -0.05) is 0 Å². The van der Waals surface area contributed by atoms with E-state index in [2.05, 4.69) is 10.2 Å². The minimum atomic E-state index is -0.526.